The van der Waals surface area contributed by atoms with Gasteiger partial charge in [0.1, 0.15) is 5.75 Å². The first-order valence-electron chi connectivity index (χ1n) is 6.87. The fraction of sp³-hybridized carbons (Fsp3) is 0.600. The number of hydrogen-bond donors (Lipinski definition) is 1. The number of hydrogen-bond acceptors (Lipinski definition) is 3. The van der Waals surface area contributed by atoms with Gasteiger partial charge in [0.25, 0.3) is 0 Å². The zero-order valence-corrected chi connectivity index (χ0v) is 11.7. The quantitative estimate of drug-likeness (QED) is 0.756. The summed E-state index contributed by atoms with van der Waals surface area (Å²) in [7, 11) is 1.73. The smallest absolute Gasteiger partial charge is 0.387 e. The van der Waals surface area contributed by atoms with Gasteiger partial charge in [-0.05, 0) is 42.4 Å². The number of benzene rings is 1. The molecule has 0 saturated heterocycles. The molecule has 1 fully saturated rings. The summed E-state index contributed by atoms with van der Waals surface area (Å²) in [4.78, 5) is 0. The Balaban J connectivity index is 1.71. The zero-order chi connectivity index (χ0) is 14.4. The van der Waals surface area contributed by atoms with E-state index >= 15 is 0 Å². The Morgan fingerprint density at radius 1 is 1.25 bits per heavy atom. The van der Waals surface area contributed by atoms with E-state index in [0.29, 0.717) is 5.41 Å². The van der Waals surface area contributed by atoms with Crippen molar-refractivity contribution < 1.29 is 18.3 Å². The van der Waals surface area contributed by atoms with Crippen LogP contribution in [0.15, 0.2) is 24.3 Å². The van der Waals surface area contributed by atoms with Gasteiger partial charge in [0.2, 0.25) is 0 Å². The number of alkyl halides is 2. The highest BCUT2D eigenvalue weighted by atomic mass is 19.3. The van der Waals surface area contributed by atoms with Gasteiger partial charge in [-0.1, -0.05) is 12.1 Å². The summed E-state index contributed by atoms with van der Waals surface area (Å²) < 4.78 is 33.5. The third kappa shape index (κ3) is 4.72. The van der Waals surface area contributed by atoms with E-state index in [4.69, 9.17) is 4.74 Å². The average Bonchev–Trinajstić information content (AvgIpc) is 3.18. The van der Waals surface area contributed by atoms with Crippen molar-refractivity contribution in [2.45, 2.75) is 32.4 Å². The van der Waals surface area contributed by atoms with Crippen molar-refractivity contribution in [3.8, 4) is 5.75 Å². The minimum Gasteiger partial charge on any atom is -0.435 e. The third-order valence-corrected chi connectivity index (χ3v) is 3.77. The van der Waals surface area contributed by atoms with Crippen molar-refractivity contribution in [2.75, 3.05) is 20.3 Å². The van der Waals surface area contributed by atoms with E-state index in [-0.39, 0.29) is 5.75 Å². The molecule has 3 nitrogen and oxygen atoms in total. The minimum atomic E-state index is -2.77. The number of rotatable bonds is 9. The molecular weight excluding hydrogens is 264 g/mol. The number of methoxy groups -OCH3 is 1. The lowest BCUT2D eigenvalue weighted by Crippen LogP contribution is -2.24. The second kappa shape index (κ2) is 6.99. The van der Waals surface area contributed by atoms with E-state index in [1.54, 1.807) is 31.4 Å². The van der Waals surface area contributed by atoms with Crippen LogP contribution in [-0.2, 0) is 11.3 Å². The molecule has 0 amide bonds. The Kier molecular flexibility index (Phi) is 5.31. The first-order valence-corrected chi connectivity index (χ1v) is 6.87. The predicted octanol–water partition coefficient (Wildman–Crippen LogP) is 3.19. The molecule has 5 heteroatoms. The van der Waals surface area contributed by atoms with Crippen molar-refractivity contribution in [1.29, 1.82) is 0 Å². The van der Waals surface area contributed by atoms with E-state index in [9.17, 15) is 8.78 Å². The Bertz CT molecular complexity index is 405. The van der Waals surface area contributed by atoms with Crippen LogP contribution in [0.25, 0.3) is 0 Å². The molecule has 20 heavy (non-hydrogen) atoms. The topological polar surface area (TPSA) is 30.5 Å². The van der Waals surface area contributed by atoms with Gasteiger partial charge in [-0.2, -0.15) is 8.78 Å². The average molecular weight is 285 g/mol. The fourth-order valence-electron chi connectivity index (χ4n) is 2.27. The first-order chi connectivity index (χ1) is 9.63. The summed E-state index contributed by atoms with van der Waals surface area (Å²) in [5.41, 5.74) is 1.48. The molecule has 0 bridgehead atoms. The lowest BCUT2D eigenvalue weighted by Gasteiger charge is -2.15. The minimum absolute atomic E-state index is 0.197. The lowest BCUT2D eigenvalue weighted by atomic mass is 10.0. The van der Waals surface area contributed by atoms with E-state index in [1.165, 1.54) is 12.8 Å². The van der Waals surface area contributed by atoms with Crippen LogP contribution < -0.4 is 10.1 Å². The highest BCUT2D eigenvalue weighted by Gasteiger charge is 2.41. The van der Waals surface area contributed by atoms with Gasteiger partial charge in [-0.15, -0.1) is 0 Å². The van der Waals surface area contributed by atoms with Crippen molar-refractivity contribution in [3.05, 3.63) is 29.8 Å². The summed E-state index contributed by atoms with van der Waals surface area (Å²) in [5, 5.41) is 3.43. The lowest BCUT2D eigenvalue weighted by molar-refractivity contribution is -0.0498. The van der Waals surface area contributed by atoms with Gasteiger partial charge < -0.3 is 14.8 Å². The standard InChI is InChI=1S/C15H21F2NO2/c1-19-9-8-15(6-7-15)11-18-10-12-2-4-13(5-3-12)20-14(16)17/h2-5,14,18H,6-11H2,1H3. The molecule has 1 saturated carbocycles. The summed E-state index contributed by atoms with van der Waals surface area (Å²) in [6, 6.07) is 6.75. The van der Waals surface area contributed by atoms with Crippen LogP contribution >= 0.6 is 0 Å². The fourth-order valence-corrected chi connectivity index (χ4v) is 2.27. The largest absolute Gasteiger partial charge is 0.435 e. The molecule has 1 aliphatic carbocycles. The molecule has 2 rings (SSSR count). The van der Waals surface area contributed by atoms with Crippen LogP contribution in [0.4, 0.5) is 8.78 Å². The maximum atomic E-state index is 12.0. The van der Waals surface area contributed by atoms with Crippen LogP contribution in [0.5, 0.6) is 5.75 Å². The number of ether oxygens (including phenoxy) is 2. The first kappa shape index (κ1) is 15.2. The Morgan fingerprint density at radius 3 is 2.50 bits per heavy atom. The molecule has 112 valence electrons. The summed E-state index contributed by atoms with van der Waals surface area (Å²) in [6.07, 6.45) is 3.60. The van der Waals surface area contributed by atoms with Gasteiger partial charge in [-0.25, -0.2) is 0 Å². The normalized spacial score (nSPS) is 16.4. The van der Waals surface area contributed by atoms with E-state index in [2.05, 4.69) is 10.1 Å². The van der Waals surface area contributed by atoms with Gasteiger partial charge in [0.05, 0.1) is 0 Å². The van der Waals surface area contributed by atoms with Crippen LogP contribution in [0, 0.1) is 5.41 Å². The van der Waals surface area contributed by atoms with Crippen molar-refractivity contribution in [3.63, 3.8) is 0 Å². The molecule has 1 aromatic carbocycles. The molecule has 1 aromatic rings. The van der Waals surface area contributed by atoms with Crippen molar-refractivity contribution in [2.24, 2.45) is 5.41 Å². The Morgan fingerprint density at radius 2 is 1.95 bits per heavy atom. The van der Waals surface area contributed by atoms with E-state index < -0.39 is 6.61 Å². The SMILES string of the molecule is COCCC1(CNCc2ccc(OC(F)F)cc2)CC1. The molecule has 0 atom stereocenters. The Hall–Kier alpha value is -1.20. The maximum absolute atomic E-state index is 12.0. The summed E-state index contributed by atoms with van der Waals surface area (Å²) >= 11 is 0. The zero-order valence-electron chi connectivity index (χ0n) is 11.7. The van der Waals surface area contributed by atoms with Crippen LogP contribution in [0.2, 0.25) is 0 Å². The summed E-state index contributed by atoms with van der Waals surface area (Å²) in [6.45, 7) is -0.245. The highest BCUT2D eigenvalue weighted by molar-refractivity contribution is 5.27. The van der Waals surface area contributed by atoms with E-state index in [1.807, 2.05) is 0 Å². The van der Waals surface area contributed by atoms with Gasteiger partial charge in [-0.3, -0.25) is 0 Å². The second-order valence-electron chi connectivity index (χ2n) is 5.37. The second-order valence-corrected chi connectivity index (χ2v) is 5.37. The molecule has 0 aromatic heterocycles. The molecule has 1 aliphatic rings. The van der Waals surface area contributed by atoms with Crippen molar-refractivity contribution >= 4 is 0 Å². The molecule has 0 spiro atoms. The van der Waals surface area contributed by atoms with Crippen LogP contribution in [0.3, 0.4) is 0 Å². The summed E-state index contributed by atoms with van der Waals surface area (Å²) in [5.74, 6) is 0.197. The van der Waals surface area contributed by atoms with Gasteiger partial charge in [0, 0.05) is 26.8 Å². The molecule has 0 aliphatic heterocycles. The Labute approximate surface area is 118 Å². The molecule has 0 heterocycles. The maximum Gasteiger partial charge on any atom is 0.387 e. The number of halogens is 2. The monoisotopic (exact) mass is 285 g/mol. The molecule has 0 radical (unpaired) electrons. The van der Waals surface area contributed by atoms with Crippen LogP contribution in [0.1, 0.15) is 24.8 Å². The van der Waals surface area contributed by atoms with Crippen LogP contribution in [-0.4, -0.2) is 26.9 Å². The number of nitrogens with one attached hydrogen (secondary N) is 1. The van der Waals surface area contributed by atoms with E-state index in [0.717, 1.165) is 31.7 Å². The predicted molar refractivity (Wildman–Crippen MR) is 72.9 cm³/mol. The molecule has 1 N–H and O–H groups in total. The molecule has 0 unspecified atom stereocenters. The van der Waals surface area contributed by atoms with Gasteiger partial charge in [0.15, 0.2) is 0 Å². The molecular formula is C15H21F2NO2. The third-order valence-electron chi connectivity index (χ3n) is 3.77. The highest BCUT2D eigenvalue weighted by Crippen LogP contribution is 2.48. The van der Waals surface area contributed by atoms with Crippen molar-refractivity contribution in [1.82, 2.24) is 5.32 Å². The van der Waals surface area contributed by atoms with Gasteiger partial charge >= 0.3 is 6.61 Å².